The Morgan fingerprint density at radius 3 is 2.43 bits per heavy atom. The highest BCUT2D eigenvalue weighted by Crippen LogP contribution is 2.32. The Balaban J connectivity index is 2.80. The number of alkyl halides is 3. The smallest absolute Gasteiger partial charge is 0.388 e. The highest BCUT2D eigenvalue weighted by Gasteiger charge is 2.31. The molecule has 0 aliphatic rings. The summed E-state index contributed by atoms with van der Waals surface area (Å²) in [7, 11) is -3.22. The van der Waals surface area contributed by atoms with Gasteiger partial charge in [0, 0.05) is 11.3 Å². The molecule has 120 valence electrons. The van der Waals surface area contributed by atoms with E-state index in [9.17, 15) is 31.1 Å². The van der Waals surface area contributed by atoms with Gasteiger partial charge >= 0.3 is 6.18 Å². The summed E-state index contributed by atoms with van der Waals surface area (Å²) < 4.78 is 73.6. The van der Waals surface area contributed by atoms with Crippen LogP contribution in [0.25, 0.3) is 0 Å². The fourth-order valence-electron chi connectivity index (χ4n) is 1.77. The molecule has 0 saturated carbocycles. The normalized spacial score (nSPS) is 14.2. The Morgan fingerprint density at radius 2 is 1.90 bits per heavy atom. The largest absolute Gasteiger partial charge is 0.416 e. The molecule has 0 aliphatic carbocycles. The summed E-state index contributed by atoms with van der Waals surface area (Å²) in [4.78, 5) is 0. The molecule has 0 heterocycles. The van der Waals surface area contributed by atoms with E-state index in [-0.39, 0.29) is 24.3 Å². The molecule has 0 spiro atoms. The third-order valence-electron chi connectivity index (χ3n) is 3.06. The van der Waals surface area contributed by atoms with Crippen LogP contribution in [0.5, 0.6) is 0 Å². The molecule has 8 heteroatoms. The highest BCUT2D eigenvalue weighted by molar-refractivity contribution is 7.91. The van der Waals surface area contributed by atoms with Crippen LogP contribution in [0.1, 0.15) is 37.0 Å². The van der Waals surface area contributed by atoms with Crippen molar-refractivity contribution in [3.05, 3.63) is 35.1 Å². The third-order valence-corrected chi connectivity index (χ3v) is 4.85. The predicted octanol–water partition coefficient (Wildman–Crippen LogP) is 3.09. The van der Waals surface area contributed by atoms with Crippen LogP contribution in [0.4, 0.5) is 17.6 Å². The van der Waals surface area contributed by atoms with E-state index < -0.39 is 39.1 Å². The van der Waals surface area contributed by atoms with Crippen molar-refractivity contribution in [2.45, 2.75) is 32.0 Å². The van der Waals surface area contributed by atoms with E-state index >= 15 is 0 Å². The van der Waals surface area contributed by atoms with Crippen molar-refractivity contribution in [2.75, 3.05) is 11.5 Å². The Kier molecular flexibility index (Phi) is 5.75. The second-order valence-corrected chi connectivity index (χ2v) is 7.10. The maximum Gasteiger partial charge on any atom is 0.416 e. The summed E-state index contributed by atoms with van der Waals surface area (Å²) in [5, 5.41) is 9.76. The number of halogens is 4. The number of hydrogen-bond acceptors (Lipinski definition) is 3. The molecule has 0 aliphatic heterocycles. The maximum atomic E-state index is 13.5. The summed E-state index contributed by atoms with van der Waals surface area (Å²) in [6.07, 6.45) is -6.18. The van der Waals surface area contributed by atoms with Gasteiger partial charge in [-0.2, -0.15) is 13.2 Å². The van der Waals surface area contributed by atoms with E-state index in [1.54, 1.807) is 0 Å². The van der Waals surface area contributed by atoms with Crippen LogP contribution in [-0.2, 0) is 16.0 Å². The quantitative estimate of drug-likeness (QED) is 0.817. The fraction of sp³-hybridized carbons (Fsp3) is 0.538. The van der Waals surface area contributed by atoms with Crippen molar-refractivity contribution in [2.24, 2.45) is 0 Å². The van der Waals surface area contributed by atoms with Crippen LogP contribution >= 0.6 is 0 Å². The maximum absolute atomic E-state index is 13.5. The topological polar surface area (TPSA) is 54.4 Å². The molecule has 0 saturated heterocycles. The molecule has 3 nitrogen and oxygen atoms in total. The Bertz CT molecular complexity index is 582. The SMILES string of the molecule is CCS(=O)(=O)CCCC(O)c1cc(C(F)(F)F)ccc1F. The van der Waals surface area contributed by atoms with E-state index in [2.05, 4.69) is 0 Å². The van der Waals surface area contributed by atoms with Gasteiger partial charge in [-0.05, 0) is 31.0 Å². The Morgan fingerprint density at radius 1 is 1.29 bits per heavy atom. The second-order valence-electron chi connectivity index (χ2n) is 4.63. The zero-order chi connectivity index (χ0) is 16.3. The van der Waals surface area contributed by atoms with Gasteiger partial charge in [-0.3, -0.25) is 0 Å². The summed E-state index contributed by atoms with van der Waals surface area (Å²) >= 11 is 0. The van der Waals surface area contributed by atoms with E-state index in [1.165, 1.54) is 6.92 Å². The molecule has 0 bridgehead atoms. The molecule has 0 amide bonds. The van der Waals surface area contributed by atoms with Crippen molar-refractivity contribution in [3.63, 3.8) is 0 Å². The first-order valence-corrected chi connectivity index (χ1v) is 8.14. The van der Waals surface area contributed by atoms with Gasteiger partial charge in [-0.15, -0.1) is 0 Å². The molecule has 0 aromatic heterocycles. The lowest BCUT2D eigenvalue weighted by Gasteiger charge is -2.14. The number of aliphatic hydroxyl groups is 1. The van der Waals surface area contributed by atoms with Gasteiger partial charge in [0.15, 0.2) is 0 Å². The number of sulfone groups is 1. The minimum Gasteiger partial charge on any atom is -0.388 e. The Labute approximate surface area is 120 Å². The van der Waals surface area contributed by atoms with Crippen LogP contribution in [0.2, 0.25) is 0 Å². The zero-order valence-corrected chi connectivity index (χ0v) is 12.1. The molecule has 21 heavy (non-hydrogen) atoms. The van der Waals surface area contributed by atoms with Crippen molar-refractivity contribution in [3.8, 4) is 0 Å². The lowest BCUT2D eigenvalue weighted by Crippen LogP contribution is -2.11. The molecule has 0 radical (unpaired) electrons. The highest BCUT2D eigenvalue weighted by atomic mass is 32.2. The van der Waals surface area contributed by atoms with Crippen LogP contribution in [0.15, 0.2) is 18.2 Å². The fourth-order valence-corrected chi connectivity index (χ4v) is 2.67. The monoisotopic (exact) mass is 328 g/mol. The van der Waals surface area contributed by atoms with Gasteiger partial charge in [0.05, 0.1) is 17.4 Å². The molecule has 0 fully saturated rings. The Hall–Kier alpha value is -1.15. The first-order valence-electron chi connectivity index (χ1n) is 6.32. The van der Waals surface area contributed by atoms with Crippen molar-refractivity contribution >= 4 is 9.84 Å². The van der Waals surface area contributed by atoms with E-state index in [0.717, 1.165) is 0 Å². The van der Waals surface area contributed by atoms with Gasteiger partial charge in [0.25, 0.3) is 0 Å². The van der Waals surface area contributed by atoms with Gasteiger partial charge in [0.2, 0.25) is 0 Å². The van der Waals surface area contributed by atoms with Crippen molar-refractivity contribution in [1.82, 2.24) is 0 Å². The third kappa shape index (κ3) is 5.28. The molecule has 1 aromatic rings. The molecule has 1 aromatic carbocycles. The van der Waals surface area contributed by atoms with Crippen LogP contribution in [0, 0.1) is 5.82 Å². The van der Waals surface area contributed by atoms with E-state index in [1.807, 2.05) is 0 Å². The lowest BCUT2D eigenvalue weighted by atomic mass is 10.0. The average molecular weight is 328 g/mol. The number of hydrogen-bond donors (Lipinski definition) is 1. The number of aliphatic hydroxyl groups excluding tert-OH is 1. The van der Waals surface area contributed by atoms with Crippen LogP contribution in [0.3, 0.4) is 0 Å². The molecule has 1 unspecified atom stereocenters. The van der Waals surface area contributed by atoms with Gasteiger partial charge in [0.1, 0.15) is 15.7 Å². The summed E-state index contributed by atoms with van der Waals surface area (Å²) in [5.41, 5.74) is -1.53. The minimum atomic E-state index is -4.63. The molecule has 1 rings (SSSR count). The van der Waals surface area contributed by atoms with E-state index in [0.29, 0.717) is 18.2 Å². The number of benzene rings is 1. The lowest BCUT2D eigenvalue weighted by molar-refractivity contribution is -0.137. The molecule has 1 N–H and O–H groups in total. The summed E-state index contributed by atoms with van der Waals surface area (Å²) in [6.45, 7) is 1.47. The average Bonchev–Trinajstić information content (AvgIpc) is 2.37. The first-order chi connectivity index (χ1) is 9.57. The summed E-state index contributed by atoms with van der Waals surface area (Å²) in [5.74, 6) is -1.20. The van der Waals surface area contributed by atoms with Gasteiger partial charge in [-0.25, -0.2) is 12.8 Å². The van der Waals surface area contributed by atoms with Crippen molar-refractivity contribution in [1.29, 1.82) is 0 Å². The van der Waals surface area contributed by atoms with Crippen LogP contribution in [-0.4, -0.2) is 25.0 Å². The van der Waals surface area contributed by atoms with Gasteiger partial charge in [-0.1, -0.05) is 6.92 Å². The van der Waals surface area contributed by atoms with E-state index in [4.69, 9.17) is 0 Å². The second kappa shape index (κ2) is 6.74. The minimum absolute atomic E-state index is 0.0486. The zero-order valence-electron chi connectivity index (χ0n) is 11.3. The molecular weight excluding hydrogens is 312 g/mol. The predicted molar refractivity (Wildman–Crippen MR) is 69.9 cm³/mol. The first kappa shape index (κ1) is 17.9. The summed E-state index contributed by atoms with van der Waals surface area (Å²) in [6, 6.07) is 1.78. The van der Waals surface area contributed by atoms with Gasteiger partial charge < -0.3 is 5.11 Å². The molecular formula is C13H16F4O3S. The van der Waals surface area contributed by atoms with Crippen LogP contribution < -0.4 is 0 Å². The number of rotatable bonds is 6. The molecule has 1 atom stereocenters. The van der Waals surface area contributed by atoms with Crippen molar-refractivity contribution < 1.29 is 31.1 Å². The standard InChI is InChI=1S/C13H16F4O3S/c1-2-21(19,20)7-3-4-12(18)10-8-9(13(15,16)17)5-6-11(10)14/h5-6,8,12,18H,2-4,7H2,1H3.